The predicted molar refractivity (Wildman–Crippen MR) is 128 cm³/mol. The number of amides is 1. The minimum absolute atomic E-state index is 0.242. The van der Waals surface area contributed by atoms with E-state index < -0.39 is 6.04 Å². The monoisotopic (exact) mass is 457 g/mol. The van der Waals surface area contributed by atoms with E-state index in [0.29, 0.717) is 38.4 Å². The first-order chi connectivity index (χ1) is 15.9. The van der Waals surface area contributed by atoms with Crippen molar-refractivity contribution in [2.75, 3.05) is 0 Å². The molecule has 0 saturated heterocycles. The molecule has 3 aromatic heterocycles. The lowest BCUT2D eigenvalue weighted by molar-refractivity contribution is 0.0940. The number of hydrogen-bond acceptors (Lipinski definition) is 4. The summed E-state index contributed by atoms with van der Waals surface area (Å²) in [7, 11) is 0. The Balaban J connectivity index is 1.62. The van der Waals surface area contributed by atoms with Crippen LogP contribution in [0.25, 0.3) is 22.1 Å². The standard InChI is InChI=1S/C25H20ClN5O2/c1-15-11-12-30-23(28-15)19(14-27-30)24(32)29-16(2)21-13-17-7-6-10-20(26)22(17)25(33)31(21)18-8-4-3-5-9-18/h3-14,16H,1-2H3,(H,29,32)/t16-/m0/s1. The summed E-state index contributed by atoms with van der Waals surface area (Å²) in [5, 5.41) is 8.75. The molecule has 5 aromatic rings. The van der Waals surface area contributed by atoms with Crippen molar-refractivity contribution < 1.29 is 4.79 Å². The molecule has 0 saturated carbocycles. The Hall–Kier alpha value is -3.97. The molecule has 1 atom stereocenters. The molecule has 0 aliphatic rings. The zero-order valence-electron chi connectivity index (χ0n) is 18.0. The van der Waals surface area contributed by atoms with Crippen molar-refractivity contribution in [3.8, 4) is 5.69 Å². The molecule has 2 aromatic carbocycles. The summed E-state index contributed by atoms with van der Waals surface area (Å²) in [4.78, 5) is 31.1. The third kappa shape index (κ3) is 3.66. The van der Waals surface area contributed by atoms with Gasteiger partial charge in [-0.2, -0.15) is 5.10 Å². The molecule has 7 nitrogen and oxygen atoms in total. The van der Waals surface area contributed by atoms with Crippen molar-refractivity contribution in [2.24, 2.45) is 0 Å². The number of halogens is 1. The number of nitrogens with zero attached hydrogens (tertiary/aromatic N) is 4. The highest BCUT2D eigenvalue weighted by atomic mass is 35.5. The van der Waals surface area contributed by atoms with E-state index in [-0.39, 0.29) is 11.5 Å². The molecule has 0 aliphatic heterocycles. The number of fused-ring (bicyclic) bond motifs is 2. The van der Waals surface area contributed by atoms with Crippen LogP contribution in [-0.4, -0.2) is 25.1 Å². The van der Waals surface area contributed by atoms with Gasteiger partial charge in [-0.1, -0.05) is 41.9 Å². The second kappa shape index (κ2) is 8.18. The van der Waals surface area contributed by atoms with Crippen LogP contribution in [-0.2, 0) is 0 Å². The Labute approximate surface area is 194 Å². The zero-order valence-corrected chi connectivity index (χ0v) is 18.7. The summed E-state index contributed by atoms with van der Waals surface area (Å²) in [6, 6.07) is 17.9. The van der Waals surface area contributed by atoms with Crippen molar-refractivity contribution >= 4 is 33.9 Å². The molecule has 1 amide bonds. The van der Waals surface area contributed by atoms with Gasteiger partial charge in [-0.25, -0.2) is 9.50 Å². The van der Waals surface area contributed by atoms with E-state index in [1.54, 1.807) is 27.4 Å². The number of nitrogens with one attached hydrogen (secondary N) is 1. The highest BCUT2D eigenvalue weighted by molar-refractivity contribution is 6.35. The van der Waals surface area contributed by atoms with Gasteiger partial charge in [0.25, 0.3) is 11.5 Å². The largest absolute Gasteiger partial charge is 0.344 e. The van der Waals surface area contributed by atoms with Crippen molar-refractivity contribution in [3.63, 3.8) is 0 Å². The smallest absolute Gasteiger partial charge is 0.264 e. The molecule has 1 N–H and O–H groups in total. The molecule has 0 spiro atoms. The number of carbonyl (C=O) groups excluding carboxylic acids is 1. The second-order valence-electron chi connectivity index (χ2n) is 7.84. The summed E-state index contributed by atoms with van der Waals surface area (Å²) in [6.45, 7) is 3.70. The molecular weight excluding hydrogens is 438 g/mol. The summed E-state index contributed by atoms with van der Waals surface area (Å²) in [5.74, 6) is -0.325. The molecule has 3 heterocycles. The molecule has 0 fully saturated rings. The minimum Gasteiger partial charge on any atom is -0.344 e. The van der Waals surface area contributed by atoms with Crippen molar-refractivity contribution in [1.29, 1.82) is 0 Å². The van der Waals surface area contributed by atoms with Crippen LogP contribution < -0.4 is 10.9 Å². The highest BCUT2D eigenvalue weighted by Gasteiger charge is 2.21. The first-order valence-electron chi connectivity index (χ1n) is 10.5. The molecule has 0 aliphatic carbocycles. The van der Waals surface area contributed by atoms with E-state index in [1.165, 1.54) is 6.20 Å². The van der Waals surface area contributed by atoms with Crippen LogP contribution in [0.15, 0.2) is 77.9 Å². The molecule has 0 unspecified atom stereocenters. The normalized spacial score (nSPS) is 12.2. The van der Waals surface area contributed by atoms with Gasteiger partial charge in [0.2, 0.25) is 0 Å². The predicted octanol–water partition coefficient (Wildman–Crippen LogP) is 4.49. The van der Waals surface area contributed by atoms with Gasteiger partial charge in [0, 0.05) is 23.3 Å². The summed E-state index contributed by atoms with van der Waals surface area (Å²) in [6.07, 6.45) is 3.26. The van der Waals surface area contributed by atoms with Crippen LogP contribution in [0.1, 0.15) is 34.7 Å². The van der Waals surface area contributed by atoms with E-state index in [1.807, 2.05) is 62.4 Å². The van der Waals surface area contributed by atoms with Crippen LogP contribution in [0, 0.1) is 6.92 Å². The minimum atomic E-state index is -0.492. The van der Waals surface area contributed by atoms with Gasteiger partial charge in [0.1, 0.15) is 5.56 Å². The zero-order chi connectivity index (χ0) is 23.1. The molecule has 0 bridgehead atoms. The van der Waals surface area contributed by atoms with E-state index in [2.05, 4.69) is 15.4 Å². The van der Waals surface area contributed by atoms with Crippen LogP contribution >= 0.6 is 11.6 Å². The lowest BCUT2D eigenvalue weighted by Gasteiger charge is -2.21. The number of aromatic nitrogens is 4. The quantitative estimate of drug-likeness (QED) is 0.431. The SMILES string of the molecule is Cc1ccn2ncc(C(=O)N[C@@H](C)c3cc4cccc(Cl)c4c(=O)n3-c3ccccc3)c2n1. The fourth-order valence-corrected chi connectivity index (χ4v) is 4.23. The first kappa shape index (κ1) is 20.9. The third-order valence-electron chi connectivity index (χ3n) is 5.58. The number of aryl methyl sites for hydroxylation is 1. The van der Waals surface area contributed by atoms with Gasteiger partial charge in [0.05, 0.1) is 22.6 Å². The summed E-state index contributed by atoms with van der Waals surface area (Å²) < 4.78 is 3.15. The van der Waals surface area contributed by atoms with Gasteiger partial charge < -0.3 is 5.32 Å². The van der Waals surface area contributed by atoms with Crippen LogP contribution in [0.2, 0.25) is 5.02 Å². The number of rotatable bonds is 4. The third-order valence-corrected chi connectivity index (χ3v) is 5.90. The van der Waals surface area contributed by atoms with Gasteiger partial charge in [-0.15, -0.1) is 0 Å². The van der Waals surface area contributed by atoms with Gasteiger partial charge in [-0.05, 0) is 49.6 Å². The van der Waals surface area contributed by atoms with Gasteiger partial charge in [0.15, 0.2) is 5.65 Å². The van der Waals surface area contributed by atoms with E-state index in [9.17, 15) is 9.59 Å². The maximum atomic E-state index is 13.5. The fraction of sp³-hybridized carbons (Fsp3) is 0.120. The lowest BCUT2D eigenvalue weighted by Crippen LogP contribution is -2.32. The van der Waals surface area contributed by atoms with Crippen LogP contribution in [0.4, 0.5) is 0 Å². The van der Waals surface area contributed by atoms with E-state index in [0.717, 1.165) is 5.69 Å². The fourth-order valence-electron chi connectivity index (χ4n) is 3.97. The average molecular weight is 458 g/mol. The summed E-state index contributed by atoms with van der Waals surface area (Å²) in [5.41, 5.74) is 2.71. The maximum absolute atomic E-state index is 13.5. The molecule has 0 radical (unpaired) electrons. The van der Waals surface area contributed by atoms with Crippen molar-refractivity contribution in [2.45, 2.75) is 19.9 Å². The second-order valence-corrected chi connectivity index (χ2v) is 8.25. The van der Waals surface area contributed by atoms with E-state index in [4.69, 9.17) is 11.6 Å². The lowest BCUT2D eigenvalue weighted by atomic mass is 10.1. The van der Waals surface area contributed by atoms with Gasteiger partial charge >= 0.3 is 0 Å². The average Bonchev–Trinajstić information content (AvgIpc) is 3.22. The van der Waals surface area contributed by atoms with E-state index >= 15 is 0 Å². The number of benzene rings is 2. The Morgan fingerprint density at radius 2 is 1.88 bits per heavy atom. The Morgan fingerprint density at radius 3 is 2.67 bits per heavy atom. The summed E-state index contributed by atoms with van der Waals surface area (Å²) >= 11 is 6.37. The number of carbonyl (C=O) groups is 1. The Morgan fingerprint density at radius 1 is 1.09 bits per heavy atom. The first-order valence-corrected chi connectivity index (χ1v) is 10.8. The molecule has 8 heteroatoms. The topological polar surface area (TPSA) is 81.3 Å². The molecular formula is C25H20ClN5O2. The van der Waals surface area contributed by atoms with Crippen molar-refractivity contribution in [1.82, 2.24) is 24.5 Å². The molecule has 33 heavy (non-hydrogen) atoms. The number of pyridine rings is 1. The van der Waals surface area contributed by atoms with Gasteiger partial charge in [-0.3, -0.25) is 14.2 Å². The number of para-hydroxylation sites is 1. The Bertz CT molecular complexity index is 1570. The maximum Gasteiger partial charge on any atom is 0.264 e. The van der Waals surface area contributed by atoms with Crippen LogP contribution in [0.3, 0.4) is 0 Å². The molecule has 5 rings (SSSR count). The number of hydrogen-bond donors (Lipinski definition) is 1. The highest BCUT2D eigenvalue weighted by Crippen LogP contribution is 2.25. The van der Waals surface area contributed by atoms with Crippen molar-refractivity contribution in [3.05, 3.63) is 105 Å². The Kier molecular flexibility index (Phi) is 5.18. The molecule has 164 valence electrons. The van der Waals surface area contributed by atoms with Crippen LogP contribution in [0.5, 0.6) is 0 Å².